The molecule has 0 spiro atoms. The van der Waals surface area contributed by atoms with Crippen molar-refractivity contribution in [3.8, 4) is 11.5 Å². The second-order valence-corrected chi connectivity index (χ2v) is 3.47. The van der Waals surface area contributed by atoms with Crippen LogP contribution in [-0.2, 0) is 6.42 Å². The number of hydrogen-bond acceptors (Lipinski definition) is 4. The van der Waals surface area contributed by atoms with E-state index < -0.39 is 0 Å². The Morgan fingerprint density at radius 1 is 1.27 bits per heavy atom. The zero-order chi connectivity index (χ0) is 10.5. The van der Waals surface area contributed by atoms with E-state index in [9.17, 15) is 0 Å². The molecule has 0 fully saturated rings. The largest absolute Gasteiger partial charge is 0.454 e. The van der Waals surface area contributed by atoms with E-state index in [0.29, 0.717) is 6.79 Å². The number of fused-ring (bicyclic) bond motifs is 1. The van der Waals surface area contributed by atoms with E-state index in [0.717, 1.165) is 31.1 Å². The van der Waals surface area contributed by atoms with Crippen molar-refractivity contribution in [2.45, 2.75) is 6.42 Å². The summed E-state index contributed by atoms with van der Waals surface area (Å²) in [6.07, 6.45) is 0.998. The van der Waals surface area contributed by atoms with Crippen LogP contribution >= 0.6 is 0 Å². The molecule has 0 aromatic heterocycles. The minimum absolute atomic E-state index is 0.344. The summed E-state index contributed by atoms with van der Waals surface area (Å²) < 4.78 is 10.6. The van der Waals surface area contributed by atoms with Crippen LogP contribution in [0.25, 0.3) is 0 Å². The lowest BCUT2D eigenvalue weighted by Crippen LogP contribution is -2.27. The minimum atomic E-state index is 0.344. The third-order valence-corrected chi connectivity index (χ3v) is 2.33. The Morgan fingerprint density at radius 3 is 3.00 bits per heavy atom. The maximum absolute atomic E-state index is 5.31. The van der Waals surface area contributed by atoms with Crippen molar-refractivity contribution in [2.24, 2.45) is 0 Å². The standard InChI is InChI=1S/C11H16N2O2/c1-12-7-13-5-4-9-2-3-10-11(6-9)15-8-14-10/h2-3,6,12-13H,4-5,7-8H2,1H3. The molecule has 4 heteroatoms. The average Bonchev–Trinajstić information content (AvgIpc) is 2.71. The molecular weight excluding hydrogens is 192 g/mol. The minimum Gasteiger partial charge on any atom is -0.454 e. The molecule has 1 aliphatic rings. The van der Waals surface area contributed by atoms with E-state index in [4.69, 9.17) is 9.47 Å². The van der Waals surface area contributed by atoms with Crippen molar-refractivity contribution in [2.75, 3.05) is 27.1 Å². The fourth-order valence-electron chi connectivity index (χ4n) is 1.54. The highest BCUT2D eigenvalue weighted by atomic mass is 16.7. The molecule has 2 rings (SSSR count). The topological polar surface area (TPSA) is 42.5 Å². The molecule has 0 radical (unpaired) electrons. The smallest absolute Gasteiger partial charge is 0.231 e. The fraction of sp³-hybridized carbons (Fsp3) is 0.455. The molecule has 1 aromatic rings. The van der Waals surface area contributed by atoms with Crippen LogP contribution in [0.2, 0.25) is 0 Å². The first-order valence-corrected chi connectivity index (χ1v) is 5.14. The highest BCUT2D eigenvalue weighted by molar-refractivity contribution is 5.44. The molecule has 0 saturated heterocycles. The molecule has 4 nitrogen and oxygen atoms in total. The van der Waals surface area contributed by atoms with Crippen molar-refractivity contribution in [1.29, 1.82) is 0 Å². The Balaban J connectivity index is 1.87. The molecule has 0 amide bonds. The molecule has 0 atom stereocenters. The van der Waals surface area contributed by atoms with Crippen LogP contribution in [0.4, 0.5) is 0 Å². The fourth-order valence-corrected chi connectivity index (χ4v) is 1.54. The van der Waals surface area contributed by atoms with Gasteiger partial charge in [-0.3, -0.25) is 0 Å². The molecular formula is C11H16N2O2. The van der Waals surface area contributed by atoms with Gasteiger partial charge in [-0.25, -0.2) is 0 Å². The summed E-state index contributed by atoms with van der Waals surface area (Å²) in [6.45, 7) is 2.14. The summed E-state index contributed by atoms with van der Waals surface area (Å²) in [5.41, 5.74) is 1.27. The lowest BCUT2D eigenvalue weighted by Gasteiger charge is -2.04. The second-order valence-electron chi connectivity index (χ2n) is 3.47. The van der Waals surface area contributed by atoms with Crippen molar-refractivity contribution in [1.82, 2.24) is 10.6 Å². The normalized spacial score (nSPS) is 13.1. The summed E-state index contributed by atoms with van der Waals surface area (Å²) in [6, 6.07) is 6.09. The van der Waals surface area contributed by atoms with Crippen molar-refractivity contribution in [3.05, 3.63) is 23.8 Å². The van der Waals surface area contributed by atoms with Crippen molar-refractivity contribution in [3.63, 3.8) is 0 Å². The van der Waals surface area contributed by atoms with E-state index in [2.05, 4.69) is 16.7 Å². The van der Waals surface area contributed by atoms with Gasteiger partial charge in [0.05, 0.1) is 0 Å². The van der Waals surface area contributed by atoms with Crippen LogP contribution in [-0.4, -0.2) is 27.1 Å². The first-order valence-electron chi connectivity index (χ1n) is 5.14. The lowest BCUT2D eigenvalue weighted by atomic mass is 10.1. The van der Waals surface area contributed by atoms with Crippen LogP contribution in [0.3, 0.4) is 0 Å². The maximum Gasteiger partial charge on any atom is 0.231 e. The third-order valence-electron chi connectivity index (χ3n) is 2.33. The van der Waals surface area contributed by atoms with Gasteiger partial charge in [-0.15, -0.1) is 0 Å². The average molecular weight is 208 g/mol. The molecule has 1 aromatic carbocycles. The number of benzene rings is 1. The number of ether oxygens (including phenoxy) is 2. The van der Waals surface area contributed by atoms with E-state index in [1.807, 2.05) is 19.2 Å². The third kappa shape index (κ3) is 2.61. The SMILES string of the molecule is CNCNCCc1ccc2c(c1)OCO2. The Hall–Kier alpha value is -1.26. The van der Waals surface area contributed by atoms with Crippen molar-refractivity contribution < 1.29 is 9.47 Å². The van der Waals surface area contributed by atoms with Gasteiger partial charge in [0.15, 0.2) is 11.5 Å². The summed E-state index contributed by atoms with van der Waals surface area (Å²) >= 11 is 0. The number of hydrogen-bond donors (Lipinski definition) is 2. The number of nitrogens with one attached hydrogen (secondary N) is 2. The summed E-state index contributed by atoms with van der Waals surface area (Å²) in [4.78, 5) is 0. The van der Waals surface area contributed by atoms with E-state index in [1.54, 1.807) is 0 Å². The first kappa shape index (κ1) is 10.3. The molecule has 2 N–H and O–H groups in total. The highest BCUT2D eigenvalue weighted by Crippen LogP contribution is 2.32. The molecule has 0 aliphatic carbocycles. The van der Waals surface area contributed by atoms with Crippen LogP contribution in [0.5, 0.6) is 11.5 Å². The zero-order valence-corrected chi connectivity index (χ0v) is 8.88. The van der Waals surface area contributed by atoms with E-state index >= 15 is 0 Å². The maximum atomic E-state index is 5.31. The predicted octanol–water partition coefficient (Wildman–Crippen LogP) is 0.724. The lowest BCUT2D eigenvalue weighted by molar-refractivity contribution is 0.174. The molecule has 15 heavy (non-hydrogen) atoms. The monoisotopic (exact) mass is 208 g/mol. The van der Waals surface area contributed by atoms with E-state index in [1.165, 1.54) is 5.56 Å². The molecule has 1 aliphatic heterocycles. The molecule has 0 bridgehead atoms. The molecule has 0 unspecified atom stereocenters. The second kappa shape index (κ2) is 5.00. The predicted molar refractivity (Wildman–Crippen MR) is 58.2 cm³/mol. The Bertz CT molecular complexity index is 328. The van der Waals surface area contributed by atoms with Gasteiger partial charge in [0, 0.05) is 13.2 Å². The van der Waals surface area contributed by atoms with Gasteiger partial charge in [-0.1, -0.05) is 6.07 Å². The van der Waals surface area contributed by atoms with Crippen molar-refractivity contribution >= 4 is 0 Å². The molecule has 1 heterocycles. The Kier molecular flexibility index (Phi) is 3.42. The van der Waals surface area contributed by atoms with Gasteiger partial charge in [0.1, 0.15) is 0 Å². The van der Waals surface area contributed by atoms with Crippen LogP contribution < -0.4 is 20.1 Å². The van der Waals surface area contributed by atoms with Gasteiger partial charge < -0.3 is 20.1 Å². The summed E-state index contributed by atoms with van der Waals surface area (Å²) in [7, 11) is 1.92. The molecule has 0 saturated carbocycles. The van der Waals surface area contributed by atoms with Gasteiger partial charge in [0.25, 0.3) is 0 Å². The summed E-state index contributed by atoms with van der Waals surface area (Å²) in [5.74, 6) is 1.71. The summed E-state index contributed by atoms with van der Waals surface area (Å²) in [5, 5.41) is 6.31. The number of rotatable bonds is 5. The van der Waals surface area contributed by atoms with E-state index in [-0.39, 0.29) is 0 Å². The van der Waals surface area contributed by atoms with Crippen LogP contribution in [0.15, 0.2) is 18.2 Å². The van der Waals surface area contributed by atoms with Gasteiger partial charge >= 0.3 is 0 Å². The van der Waals surface area contributed by atoms with Crippen LogP contribution in [0.1, 0.15) is 5.56 Å². The quantitative estimate of drug-likeness (QED) is 0.553. The highest BCUT2D eigenvalue weighted by Gasteiger charge is 2.12. The first-order chi connectivity index (χ1) is 7.40. The van der Waals surface area contributed by atoms with Gasteiger partial charge in [-0.2, -0.15) is 0 Å². The molecule has 82 valence electrons. The Morgan fingerprint density at radius 2 is 2.13 bits per heavy atom. The van der Waals surface area contributed by atoms with Gasteiger partial charge in [0.2, 0.25) is 6.79 Å². The van der Waals surface area contributed by atoms with Crippen LogP contribution in [0, 0.1) is 0 Å². The zero-order valence-electron chi connectivity index (χ0n) is 8.88. The Labute approximate surface area is 89.6 Å². The van der Waals surface area contributed by atoms with Gasteiger partial charge in [-0.05, 0) is 31.2 Å².